The average Bonchev–Trinajstić information content (AvgIpc) is 2.27. The molecule has 0 amide bonds. The summed E-state index contributed by atoms with van der Waals surface area (Å²) < 4.78 is 0. The normalized spacial score (nSPS) is 9.40. The van der Waals surface area contributed by atoms with Crippen LogP contribution in [-0.4, -0.2) is 24.7 Å². The molecule has 4 nitrogen and oxygen atoms in total. The van der Waals surface area contributed by atoms with Gasteiger partial charge in [-0.1, -0.05) is 0 Å². The molecular weight excluding hydrogens is 192 g/mol. The first-order valence-corrected chi connectivity index (χ1v) is 4.56. The van der Waals surface area contributed by atoms with E-state index < -0.39 is 5.97 Å². The summed E-state index contributed by atoms with van der Waals surface area (Å²) in [6, 6.07) is 4.58. The Bertz CT molecular complexity index is 421. The predicted octanol–water partition coefficient (Wildman–Crippen LogP) is 2.39. The van der Waals surface area contributed by atoms with Gasteiger partial charge in [-0.2, -0.15) is 0 Å². The maximum Gasteiger partial charge on any atom is 0.334 e. The van der Waals surface area contributed by atoms with Crippen molar-refractivity contribution in [2.45, 2.75) is 6.92 Å². The Labute approximate surface area is 88.6 Å². The van der Waals surface area contributed by atoms with Gasteiger partial charge in [0.15, 0.2) is 0 Å². The number of rotatable bonds is 3. The molecule has 0 heterocycles. The third-order valence-corrected chi connectivity index (χ3v) is 2.23. The Morgan fingerprint density at radius 1 is 1.60 bits per heavy atom. The standard InChI is InChI=1S/C11H12N2O2/c1-4-13(3)10-6-5-8(11(14)15)7-9(10)12-2/h5-7H,4H2,1,3H3,(H,14,15). The summed E-state index contributed by atoms with van der Waals surface area (Å²) in [6.45, 7) is 9.74. The number of carbonyl (C=O) groups is 1. The summed E-state index contributed by atoms with van der Waals surface area (Å²) in [5.41, 5.74) is 1.28. The van der Waals surface area contributed by atoms with E-state index in [9.17, 15) is 4.79 Å². The highest BCUT2D eigenvalue weighted by Gasteiger charge is 2.10. The van der Waals surface area contributed by atoms with E-state index in [-0.39, 0.29) is 5.56 Å². The summed E-state index contributed by atoms with van der Waals surface area (Å²) in [6.07, 6.45) is 0. The van der Waals surface area contributed by atoms with Crippen molar-refractivity contribution in [2.75, 3.05) is 18.5 Å². The molecule has 0 aliphatic rings. The van der Waals surface area contributed by atoms with E-state index in [4.69, 9.17) is 11.7 Å². The fourth-order valence-corrected chi connectivity index (χ4v) is 1.24. The molecular formula is C11H12N2O2. The Balaban J connectivity index is 3.22. The van der Waals surface area contributed by atoms with E-state index >= 15 is 0 Å². The number of hydrogen-bond acceptors (Lipinski definition) is 2. The molecule has 0 fully saturated rings. The maximum absolute atomic E-state index is 10.7. The lowest BCUT2D eigenvalue weighted by Gasteiger charge is -2.18. The number of hydrogen-bond donors (Lipinski definition) is 1. The van der Waals surface area contributed by atoms with E-state index in [1.807, 2.05) is 18.9 Å². The van der Waals surface area contributed by atoms with Crippen LogP contribution in [0, 0.1) is 6.57 Å². The lowest BCUT2D eigenvalue weighted by molar-refractivity contribution is 0.0697. The third kappa shape index (κ3) is 2.26. The van der Waals surface area contributed by atoms with Crippen LogP contribution in [0.15, 0.2) is 18.2 Å². The molecule has 78 valence electrons. The topological polar surface area (TPSA) is 44.9 Å². The lowest BCUT2D eigenvalue weighted by atomic mass is 10.1. The Morgan fingerprint density at radius 2 is 2.27 bits per heavy atom. The number of carboxylic acid groups (broad SMARTS) is 1. The molecule has 1 aromatic rings. The van der Waals surface area contributed by atoms with Gasteiger partial charge in [0.2, 0.25) is 5.69 Å². The Hall–Kier alpha value is -2.02. The van der Waals surface area contributed by atoms with Gasteiger partial charge in [-0.15, -0.1) is 0 Å². The fraction of sp³-hybridized carbons (Fsp3) is 0.273. The van der Waals surface area contributed by atoms with Crippen molar-refractivity contribution in [3.63, 3.8) is 0 Å². The van der Waals surface area contributed by atoms with Crippen LogP contribution in [0.5, 0.6) is 0 Å². The highest BCUT2D eigenvalue weighted by Crippen LogP contribution is 2.28. The van der Waals surface area contributed by atoms with Crippen molar-refractivity contribution in [2.24, 2.45) is 0 Å². The first-order chi connectivity index (χ1) is 7.10. The molecule has 0 saturated heterocycles. The number of carboxylic acids is 1. The predicted molar refractivity (Wildman–Crippen MR) is 58.6 cm³/mol. The van der Waals surface area contributed by atoms with Crippen molar-refractivity contribution in [3.8, 4) is 0 Å². The minimum atomic E-state index is -1.01. The van der Waals surface area contributed by atoms with Gasteiger partial charge in [-0.3, -0.25) is 0 Å². The second kappa shape index (κ2) is 4.47. The van der Waals surface area contributed by atoms with Crippen molar-refractivity contribution in [1.29, 1.82) is 0 Å². The molecule has 4 heteroatoms. The quantitative estimate of drug-likeness (QED) is 0.769. The molecule has 1 rings (SSSR count). The molecule has 1 N–H and O–H groups in total. The van der Waals surface area contributed by atoms with Crippen LogP contribution in [0.4, 0.5) is 11.4 Å². The van der Waals surface area contributed by atoms with Crippen LogP contribution in [0.2, 0.25) is 0 Å². The largest absolute Gasteiger partial charge is 0.478 e. The molecule has 0 spiro atoms. The van der Waals surface area contributed by atoms with Gasteiger partial charge in [0, 0.05) is 24.8 Å². The smallest absolute Gasteiger partial charge is 0.334 e. The van der Waals surface area contributed by atoms with Gasteiger partial charge in [-0.25, -0.2) is 9.64 Å². The second-order valence-corrected chi connectivity index (χ2v) is 3.13. The minimum absolute atomic E-state index is 0.147. The molecule has 15 heavy (non-hydrogen) atoms. The number of anilines is 1. The Morgan fingerprint density at radius 3 is 2.73 bits per heavy atom. The molecule has 0 radical (unpaired) electrons. The zero-order valence-electron chi connectivity index (χ0n) is 8.69. The Kier molecular flexibility index (Phi) is 3.29. The molecule has 0 saturated carbocycles. The van der Waals surface area contributed by atoms with Gasteiger partial charge in [0.05, 0.1) is 6.57 Å². The SMILES string of the molecule is [C-]#[N+]c1cc(C(=O)O)ccc1N(C)CC. The monoisotopic (exact) mass is 204 g/mol. The van der Waals surface area contributed by atoms with Gasteiger partial charge >= 0.3 is 5.97 Å². The van der Waals surface area contributed by atoms with Crippen LogP contribution < -0.4 is 4.90 Å². The lowest BCUT2D eigenvalue weighted by Crippen LogP contribution is -2.15. The number of aromatic carboxylic acids is 1. The van der Waals surface area contributed by atoms with Crippen LogP contribution in [0.1, 0.15) is 17.3 Å². The fourth-order valence-electron chi connectivity index (χ4n) is 1.24. The summed E-state index contributed by atoms with van der Waals surface area (Å²) in [5, 5.41) is 8.77. The van der Waals surface area contributed by atoms with Crippen LogP contribution >= 0.6 is 0 Å². The van der Waals surface area contributed by atoms with Gasteiger partial charge in [-0.05, 0) is 25.1 Å². The van der Waals surface area contributed by atoms with Crippen molar-refractivity contribution >= 4 is 17.3 Å². The van der Waals surface area contributed by atoms with E-state index in [2.05, 4.69) is 4.85 Å². The molecule has 0 aliphatic carbocycles. The third-order valence-electron chi connectivity index (χ3n) is 2.23. The summed E-state index contributed by atoms with van der Waals surface area (Å²) in [4.78, 5) is 15.9. The average molecular weight is 204 g/mol. The van der Waals surface area contributed by atoms with Crippen LogP contribution in [-0.2, 0) is 0 Å². The number of benzene rings is 1. The van der Waals surface area contributed by atoms with Crippen LogP contribution in [0.25, 0.3) is 4.85 Å². The first kappa shape index (κ1) is 11.1. The molecule has 0 bridgehead atoms. The zero-order valence-corrected chi connectivity index (χ0v) is 8.69. The number of nitrogens with zero attached hydrogens (tertiary/aromatic N) is 2. The second-order valence-electron chi connectivity index (χ2n) is 3.13. The highest BCUT2D eigenvalue weighted by molar-refractivity contribution is 5.91. The van der Waals surface area contributed by atoms with Crippen molar-refractivity contribution in [3.05, 3.63) is 35.2 Å². The van der Waals surface area contributed by atoms with E-state index in [1.165, 1.54) is 12.1 Å². The summed E-state index contributed by atoms with van der Waals surface area (Å²) >= 11 is 0. The summed E-state index contributed by atoms with van der Waals surface area (Å²) in [5.74, 6) is -1.01. The molecule has 0 aliphatic heterocycles. The first-order valence-electron chi connectivity index (χ1n) is 4.56. The van der Waals surface area contributed by atoms with Crippen LogP contribution in [0.3, 0.4) is 0 Å². The van der Waals surface area contributed by atoms with Crippen molar-refractivity contribution in [1.82, 2.24) is 0 Å². The molecule has 0 aromatic heterocycles. The zero-order chi connectivity index (χ0) is 11.4. The molecule has 0 unspecified atom stereocenters. The summed E-state index contributed by atoms with van der Waals surface area (Å²) in [7, 11) is 1.87. The van der Waals surface area contributed by atoms with Gasteiger partial charge in [0.1, 0.15) is 0 Å². The van der Waals surface area contributed by atoms with Gasteiger partial charge in [0.25, 0.3) is 0 Å². The minimum Gasteiger partial charge on any atom is -0.478 e. The van der Waals surface area contributed by atoms with E-state index in [1.54, 1.807) is 6.07 Å². The van der Waals surface area contributed by atoms with Crippen molar-refractivity contribution < 1.29 is 9.90 Å². The maximum atomic E-state index is 10.7. The molecule has 1 aromatic carbocycles. The van der Waals surface area contributed by atoms with Gasteiger partial charge < -0.3 is 10.0 Å². The van der Waals surface area contributed by atoms with E-state index in [0.717, 1.165) is 12.2 Å². The highest BCUT2D eigenvalue weighted by atomic mass is 16.4. The molecule has 0 atom stereocenters. The van der Waals surface area contributed by atoms with E-state index in [0.29, 0.717) is 5.69 Å².